The lowest BCUT2D eigenvalue weighted by Gasteiger charge is -2.21. The van der Waals surface area contributed by atoms with Crippen LogP contribution in [0.3, 0.4) is 0 Å². The van der Waals surface area contributed by atoms with Gasteiger partial charge in [-0.3, -0.25) is 28.8 Å². The van der Waals surface area contributed by atoms with Gasteiger partial charge in [0.15, 0.2) is 0 Å². The lowest BCUT2D eigenvalue weighted by atomic mass is 10.0. The summed E-state index contributed by atoms with van der Waals surface area (Å²) in [4.78, 5) is 48.3. The van der Waals surface area contributed by atoms with E-state index < -0.39 is 17.6 Å². The van der Waals surface area contributed by atoms with Gasteiger partial charge in [-0.25, -0.2) is 4.79 Å². The second-order valence-electron chi connectivity index (χ2n) is 9.50. The summed E-state index contributed by atoms with van der Waals surface area (Å²) in [5, 5.41) is 2.33. The van der Waals surface area contributed by atoms with Crippen LogP contribution in [-0.2, 0) is 32.6 Å². The van der Waals surface area contributed by atoms with Crippen molar-refractivity contribution in [1.29, 1.82) is 0 Å². The zero-order valence-electron chi connectivity index (χ0n) is 19.4. The van der Waals surface area contributed by atoms with Gasteiger partial charge >= 0.3 is 11.7 Å². The van der Waals surface area contributed by atoms with Gasteiger partial charge < -0.3 is 4.74 Å². The molecule has 2 amide bonds. The Bertz CT molecular complexity index is 1070. The molecule has 0 aliphatic carbocycles. The molecule has 1 saturated heterocycles. The van der Waals surface area contributed by atoms with Crippen molar-refractivity contribution >= 4 is 28.8 Å². The number of nitrogens with zero attached hydrogens (tertiary/aromatic N) is 2. The number of nitrogens with one attached hydrogen (secondary N) is 1. The summed E-state index contributed by atoms with van der Waals surface area (Å²) in [6.45, 7) is 5.61. The third-order valence-corrected chi connectivity index (χ3v) is 5.69. The average molecular weight is 444 g/mol. The third kappa shape index (κ3) is 5.66. The van der Waals surface area contributed by atoms with E-state index in [2.05, 4.69) is 5.32 Å². The Kier molecular flexibility index (Phi) is 7.21. The van der Waals surface area contributed by atoms with Crippen LogP contribution in [-0.4, -0.2) is 32.5 Å². The van der Waals surface area contributed by atoms with E-state index in [4.69, 9.17) is 4.74 Å². The van der Waals surface area contributed by atoms with Gasteiger partial charge in [0.05, 0.1) is 11.0 Å². The summed E-state index contributed by atoms with van der Waals surface area (Å²) in [5.74, 6) is -0.872. The minimum absolute atomic E-state index is 0.149. The number of unbranched alkanes of at least 4 members (excludes halogenated alkanes) is 3. The first-order chi connectivity index (χ1) is 15.1. The molecule has 174 valence electrons. The highest BCUT2D eigenvalue weighted by atomic mass is 16.6. The van der Waals surface area contributed by atoms with Gasteiger partial charge in [0.25, 0.3) is 0 Å². The second-order valence-corrected chi connectivity index (χ2v) is 9.50. The number of benzene rings is 1. The van der Waals surface area contributed by atoms with E-state index in [9.17, 15) is 19.2 Å². The van der Waals surface area contributed by atoms with Gasteiger partial charge in [0.1, 0.15) is 11.6 Å². The average Bonchev–Trinajstić information content (AvgIpc) is 2.94. The normalized spacial score (nSPS) is 16.9. The summed E-state index contributed by atoms with van der Waals surface area (Å²) in [6, 6.07) is 5.21. The van der Waals surface area contributed by atoms with Crippen molar-refractivity contribution < 1.29 is 19.1 Å². The summed E-state index contributed by atoms with van der Waals surface area (Å²) < 4.78 is 8.38. The van der Waals surface area contributed by atoms with Crippen molar-refractivity contribution in [2.24, 2.45) is 7.05 Å². The molecular formula is C24H33N3O5. The van der Waals surface area contributed by atoms with Gasteiger partial charge in [-0.05, 0) is 64.2 Å². The van der Waals surface area contributed by atoms with Crippen molar-refractivity contribution in [2.45, 2.75) is 83.8 Å². The number of piperidine rings is 1. The number of aromatic nitrogens is 2. The molecule has 0 radical (unpaired) electrons. The zero-order valence-corrected chi connectivity index (χ0v) is 19.4. The van der Waals surface area contributed by atoms with E-state index >= 15 is 0 Å². The number of hydrogen-bond acceptors (Lipinski definition) is 5. The number of imide groups is 1. The second kappa shape index (κ2) is 9.71. The number of hydrogen-bond donors (Lipinski definition) is 1. The zero-order chi connectivity index (χ0) is 23.5. The summed E-state index contributed by atoms with van der Waals surface area (Å²) in [5.41, 5.74) is 1.91. The third-order valence-electron chi connectivity index (χ3n) is 5.69. The quantitative estimate of drug-likeness (QED) is 0.384. The fourth-order valence-corrected chi connectivity index (χ4v) is 4.14. The van der Waals surface area contributed by atoms with Crippen molar-refractivity contribution in [3.63, 3.8) is 0 Å². The number of carbonyl (C=O) groups excluding carboxylic acids is 3. The lowest BCUT2D eigenvalue weighted by Crippen LogP contribution is -2.44. The molecule has 1 N–H and O–H groups in total. The Morgan fingerprint density at radius 1 is 1.09 bits per heavy atom. The fourth-order valence-electron chi connectivity index (χ4n) is 4.14. The number of esters is 1. The first-order valence-corrected chi connectivity index (χ1v) is 11.3. The molecule has 1 aliphatic rings. The number of rotatable bonds is 8. The van der Waals surface area contributed by atoms with Gasteiger partial charge in [-0.1, -0.05) is 18.9 Å². The lowest BCUT2D eigenvalue weighted by molar-refractivity contribution is -0.155. The Hall–Kier alpha value is -2.90. The molecular weight excluding hydrogens is 410 g/mol. The number of amides is 2. The molecule has 1 fully saturated rings. The molecule has 0 spiro atoms. The Morgan fingerprint density at radius 2 is 1.81 bits per heavy atom. The minimum atomic E-state index is -0.667. The van der Waals surface area contributed by atoms with Crippen LogP contribution >= 0.6 is 0 Å². The number of imidazole rings is 1. The van der Waals surface area contributed by atoms with Crippen LogP contribution in [0.25, 0.3) is 11.0 Å². The number of ether oxygens (including phenoxy) is 1. The molecule has 1 aromatic carbocycles. The minimum Gasteiger partial charge on any atom is -0.460 e. The molecule has 3 rings (SSSR count). The topological polar surface area (TPSA) is 99.4 Å². The molecule has 8 nitrogen and oxygen atoms in total. The van der Waals surface area contributed by atoms with Crippen LogP contribution in [0.1, 0.15) is 77.3 Å². The van der Waals surface area contributed by atoms with E-state index in [0.717, 1.165) is 43.2 Å². The van der Waals surface area contributed by atoms with E-state index in [-0.39, 0.29) is 24.0 Å². The van der Waals surface area contributed by atoms with Crippen molar-refractivity contribution in [2.75, 3.05) is 0 Å². The van der Waals surface area contributed by atoms with Crippen molar-refractivity contribution in [1.82, 2.24) is 14.5 Å². The van der Waals surface area contributed by atoms with Crippen LogP contribution in [0.15, 0.2) is 23.0 Å². The first kappa shape index (κ1) is 23.8. The van der Waals surface area contributed by atoms with E-state index in [1.165, 1.54) is 4.57 Å². The highest BCUT2D eigenvalue weighted by Gasteiger charge is 2.31. The highest BCUT2D eigenvalue weighted by molar-refractivity contribution is 6.00. The van der Waals surface area contributed by atoms with E-state index in [1.807, 2.05) is 39.0 Å². The van der Waals surface area contributed by atoms with Crippen molar-refractivity contribution in [3.8, 4) is 0 Å². The smallest absolute Gasteiger partial charge is 0.329 e. The van der Waals surface area contributed by atoms with E-state index in [0.29, 0.717) is 18.4 Å². The fraction of sp³-hybridized carbons (Fsp3) is 0.583. The van der Waals surface area contributed by atoms with Gasteiger partial charge in [-0.15, -0.1) is 0 Å². The summed E-state index contributed by atoms with van der Waals surface area (Å²) in [7, 11) is 1.70. The molecule has 1 aromatic heterocycles. The Labute approximate surface area is 187 Å². The molecule has 1 unspecified atom stereocenters. The SMILES string of the molecule is Cn1c(=O)n(C2CCC(=O)NC2=O)c2ccc(CCCCCCC(=O)OC(C)(C)C)cc21. The van der Waals surface area contributed by atoms with Gasteiger partial charge in [0.2, 0.25) is 11.8 Å². The van der Waals surface area contributed by atoms with Crippen LogP contribution < -0.4 is 11.0 Å². The number of aryl methyl sites for hydroxylation is 2. The monoisotopic (exact) mass is 443 g/mol. The van der Waals surface area contributed by atoms with Crippen LogP contribution in [0.5, 0.6) is 0 Å². The maximum absolute atomic E-state index is 12.8. The predicted octanol–water partition coefficient (Wildman–Crippen LogP) is 3.15. The maximum atomic E-state index is 12.8. The van der Waals surface area contributed by atoms with E-state index in [1.54, 1.807) is 11.6 Å². The largest absolute Gasteiger partial charge is 0.460 e. The predicted molar refractivity (Wildman–Crippen MR) is 121 cm³/mol. The number of carbonyl (C=O) groups is 3. The van der Waals surface area contributed by atoms with Crippen LogP contribution in [0.4, 0.5) is 0 Å². The summed E-state index contributed by atoms with van der Waals surface area (Å²) in [6.07, 6.45) is 5.65. The molecule has 0 saturated carbocycles. The Balaban J connectivity index is 1.58. The molecule has 0 bridgehead atoms. The molecule has 2 aromatic rings. The van der Waals surface area contributed by atoms with Gasteiger partial charge in [0, 0.05) is 19.9 Å². The molecule has 1 atom stereocenters. The van der Waals surface area contributed by atoms with Crippen LogP contribution in [0, 0.1) is 0 Å². The maximum Gasteiger partial charge on any atom is 0.329 e. The van der Waals surface area contributed by atoms with Crippen LogP contribution in [0.2, 0.25) is 0 Å². The molecule has 2 heterocycles. The highest BCUT2D eigenvalue weighted by Crippen LogP contribution is 2.24. The number of fused-ring (bicyclic) bond motifs is 1. The first-order valence-electron chi connectivity index (χ1n) is 11.3. The molecule has 32 heavy (non-hydrogen) atoms. The standard InChI is InChI=1S/C24H33N3O5/c1-24(2,3)32-21(29)10-8-6-5-7-9-16-11-12-17-19(15-16)26(4)23(31)27(17)18-13-14-20(28)25-22(18)30/h11-12,15,18H,5-10,13-14H2,1-4H3,(H,25,28,30). The van der Waals surface area contributed by atoms with Gasteiger partial charge in [-0.2, -0.15) is 0 Å². The molecule has 1 aliphatic heterocycles. The summed E-state index contributed by atoms with van der Waals surface area (Å²) >= 11 is 0. The van der Waals surface area contributed by atoms with Crippen molar-refractivity contribution in [3.05, 3.63) is 34.2 Å². The Morgan fingerprint density at radius 3 is 2.50 bits per heavy atom. The molecule has 8 heteroatoms.